The molecule has 0 radical (unpaired) electrons. The molecule has 21 heavy (non-hydrogen) atoms. The van der Waals surface area contributed by atoms with Crippen LogP contribution in [0.3, 0.4) is 0 Å². The van der Waals surface area contributed by atoms with Gasteiger partial charge in [-0.25, -0.2) is 0 Å². The molecule has 3 heteroatoms. The van der Waals surface area contributed by atoms with Crippen LogP contribution in [0.5, 0.6) is 5.75 Å². The van der Waals surface area contributed by atoms with E-state index in [2.05, 4.69) is 6.07 Å². The number of nitriles is 1. The zero-order valence-corrected chi connectivity index (χ0v) is 12.5. The molecule has 2 aromatic carbocycles. The number of hydrogen-bond acceptors (Lipinski definition) is 3. The van der Waals surface area contributed by atoms with Crippen molar-refractivity contribution in [2.45, 2.75) is 0 Å². The lowest BCUT2D eigenvalue weighted by molar-refractivity contribution is 0.414. The van der Waals surface area contributed by atoms with Crippen molar-refractivity contribution in [1.82, 2.24) is 0 Å². The van der Waals surface area contributed by atoms with E-state index in [9.17, 15) is 5.26 Å². The normalized spacial score (nSPS) is 10.9. The highest BCUT2D eigenvalue weighted by Crippen LogP contribution is 2.22. The fraction of sp³-hybridized carbons (Fsp3) is 0.167. The summed E-state index contributed by atoms with van der Waals surface area (Å²) in [6.07, 6.45) is 1.88. The standard InChI is InChI=1S/C18H18N2O/c1-20(2)17-9-7-14(8-10-17)11-16(13-19)15-5-4-6-18(12-15)21-3/h4-12H,1-3H3. The van der Waals surface area contributed by atoms with E-state index in [0.717, 1.165) is 22.6 Å². The van der Waals surface area contributed by atoms with Crippen LogP contribution in [0, 0.1) is 11.3 Å². The summed E-state index contributed by atoms with van der Waals surface area (Å²) in [6.45, 7) is 0. The lowest BCUT2D eigenvalue weighted by atomic mass is 10.0. The molecule has 0 fully saturated rings. The van der Waals surface area contributed by atoms with E-state index in [0.29, 0.717) is 5.57 Å². The monoisotopic (exact) mass is 278 g/mol. The van der Waals surface area contributed by atoms with Crippen LogP contribution >= 0.6 is 0 Å². The second-order valence-electron chi connectivity index (χ2n) is 4.89. The fourth-order valence-electron chi connectivity index (χ4n) is 2.01. The largest absolute Gasteiger partial charge is 0.497 e. The average molecular weight is 278 g/mol. The topological polar surface area (TPSA) is 36.3 Å². The van der Waals surface area contributed by atoms with Gasteiger partial charge in [0.25, 0.3) is 0 Å². The highest BCUT2D eigenvalue weighted by atomic mass is 16.5. The molecule has 0 aliphatic carbocycles. The maximum Gasteiger partial charge on any atom is 0.119 e. The van der Waals surface area contributed by atoms with E-state index in [1.54, 1.807) is 7.11 Å². The maximum absolute atomic E-state index is 9.38. The van der Waals surface area contributed by atoms with Crippen LogP contribution in [-0.4, -0.2) is 21.2 Å². The van der Waals surface area contributed by atoms with Gasteiger partial charge in [0.15, 0.2) is 0 Å². The van der Waals surface area contributed by atoms with E-state index >= 15 is 0 Å². The molecule has 106 valence electrons. The lowest BCUT2D eigenvalue weighted by Gasteiger charge is -2.12. The molecule has 2 rings (SSSR count). The third kappa shape index (κ3) is 3.64. The molecule has 3 nitrogen and oxygen atoms in total. The number of anilines is 1. The van der Waals surface area contributed by atoms with Crippen LogP contribution in [0.15, 0.2) is 48.5 Å². The third-order valence-electron chi connectivity index (χ3n) is 3.22. The van der Waals surface area contributed by atoms with E-state index < -0.39 is 0 Å². The second kappa shape index (κ2) is 6.62. The van der Waals surface area contributed by atoms with Crippen LogP contribution < -0.4 is 9.64 Å². The Labute approximate surface area is 125 Å². The van der Waals surface area contributed by atoms with Gasteiger partial charge >= 0.3 is 0 Å². The predicted octanol–water partition coefficient (Wildman–Crippen LogP) is 3.83. The Kier molecular flexibility index (Phi) is 4.63. The third-order valence-corrected chi connectivity index (χ3v) is 3.22. The van der Waals surface area contributed by atoms with Crippen molar-refractivity contribution in [2.75, 3.05) is 26.1 Å². The van der Waals surface area contributed by atoms with Crippen molar-refractivity contribution < 1.29 is 4.74 Å². The van der Waals surface area contributed by atoms with E-state index in [4.69, 9.17) is 4.74 Å². The molecule has 0 spiro atoms. The van der Waals surface area contributed by atoms with Gasteiger partial charge < -0.3 is 9.64 Å². The van der Waals surface area contributed by atoms with Gasteiger partial charge in [-0.3, -0.25) is 0 Å². The number of methoxy groups -OCH3 is 1. The van der Waals surface area contributed by atoms with Crippen molar-refractivity contribution in [3.8, 4) is 11.8 Å². The molecular formula is C18H18N2O. The first-order chi connectivity index (χ1) is 10.1. The van der Waals surface area contributed by atoms with Gasteiger partial charge in [-0.2, -0.15) is 5.26 Å². The summed E-state index contributed by atoms with van der Waals surface area (Å²) in [4.78, 5) is 2.04. The molecule has 0 bridgehead atoms. The number of rotatable bonds is 4. The van der Waals surface area contributed by atoms with Gasteiger partial charge in [0.1, 0.15) is 5.75 Å². The van der Waals surface area contributed by atoms with Crippen molar-refractivity contribution in [2.24, 2.45) is 0 Å². The number of nitrogens with zero attached hydrogens (tertiary/aromatic N) is 2. The minimum Gasteiger partial charge on any atom is -0.497 e. The first-order valence-electron chi connectivity index (χ1n) is 6.67. The molecule has 0 atom stereocenters. The molecule has 0 saturated carbocycles. The van der Waals surface area contributed by atoms with Gasteiger partial charge in [-0.05, 0) is 41.5 Å². The van der Waals surface area contributed by atoms with Crippen molar-refractivity contribution in [1.29, 1.82) is 5.26 Å². The maximum atomic E-state index is 9.38. The number of hydrogen-bond donors (Lipinski definition) is 0. The second-order valence-corrected chi connectivity index (χ2v) is 4.89. The summed E-state index contributed by atoms with van der Waals surface area (Å²) in [5.41, 5.74) is 3.60. The molecule has 0 aromatic heterocycles. The highest BCUT2D eigenvalue weighted by molar-refractivity contribution is 5.90. The molecule has 0 saturated heterocycles. The minimum absolute atomic E-state index is 0.617. The molecular weight excluding hydrogens is 260 g/mol. The number of benzene rings is 2. The lowest BCUT2D eigenvalue weighted by Crippen LogP contribution is -2.07. The van der Waals surface area contributed by atoms with Crippen LogP contribution in [-0.2, 0) is 0 Å². The Balaban J connectivity index is 2.34. The van der Waals surface area contributed by atoms with Gasteiger partial charge in [-0.15, -0.1) is 0 Å². The molecule has 2 aromatic rings. The molecule has 0 heterocycles. The molecule has 0 aliphatic rings. The summed E-state index contributed by atoms with van der Waals surface area (Å²) in [5, 5.41) is 9.38. The molecule has 0 amide bonds. The zero-order valence-electron chi connectivity index (χ0n) is 12.5. The van der Waals surface area contributed by atoms with Gasteiger partial charge in [-0.1, -0.05) is 24.3 Å². The quantitative estimate of drug-likeness (QED) is 0.630. The Morgan fingerprint density at radius 2 is 1.86 bits per heavy atom. The van der Waals surface area contributed by atoms with Crippen LogP contribution in [0.25, 0.3) is 11.6 Å². The van der Waals surface area contributed by atoms with Crippen LogP contribution in [0.2, 0.25) is 0 Å². The minimum atomic E-state index is 0.617. The SMILES string of the molecule is COc1cccc(C(C#N)=Cc2ccc(N(C)C)cc2)c1. The summed E-state index contributed by atoms with van der Waals surface area (Å²) in [6, 6.07) is 17.9. The van der Waals surface area contributed by atoms with Crippen molar-refractivity contribution >= 4 is 17.3 Å². The first kappa shape index (κ1) is 14.7. The Bertz CT molecular complexity index is 679. The fourth-order valence-corrected chi connectivity index (χ4v) is 2.01. The average Bonchev–Trinajstić information content (AvgIpc) is 2.53. The zero-order chi connectivity index (χ0) is 15.2. The van der Waals surface area contributed by atoms with Gasteiger partial charge in [0.05, 0.1) is 18.8 Å². The first-order valence-corrected chi connectivity index (χ1v) is 6.67. The predicted molar refractivity (Wildman–Crippen MR) is 87.2 cm³/mol. The Hall–Kier alpha value is -2.73. The molecule has 0 N–H and O–H groups in total. The smallest absolute Gasteiger partial charge is 0.119 e. The van der Waals surface area contributed by atoms with Crippen LogP contribution in [0.4, 0.5) is 5.69 Å². The van der Waals surface area contributed by atoms with Crippen LogP contribution in [0.1, 0.15) is 11.1 Å². The molecule has 0 unspecified atom stereocenters. The summed E-state index contributed by atoms with van der Waals surface area (Å²) < 4.78 is 5.20. The molecule has 0 aliphatic heterocycles. The summed E-state index contributed by atoms with van der Waals surface area (Å²) >= 11 is 0. The summed E-state index contributed by atoms with van der Waals surface area (Å²) in [5.74, 6) is 0.747. The van der Waals surface area contributed by atoms with Crippen molar-refractivity contribution in [3.05, 3.63) is 59.7 Å². The van der Waals surface area contributed by atoms with Crippen molar-refractivity contribution in [3.63, 3.8) is 0 Å². The van der Waals surface area contributed by atoms with Gasteiger partial charge in [0, 0.05) is 19.8 Å². The van der Waals surface area contributed by atoms with E-state index in [1.165, 1.54) is 0 Å². The number of ether oxygens (including phenoxy) is 1. The van der Waals surface area contributed by atoms with E-state index in [-0.39, 0.29) is 0 Å². The Morgan fingerprint density at radius 1 is 1.14 bits per heavy atom. The Morgan fingerprint density at radius 3 is 2.43 bits per heavy atom. The number of allylic oxidation sites excluding steroid dienone is 1. The highest BCUT2D eigenvalue weighted by Gasteiger charge is 2.03. The van der Waals surface area contributed by atoms with Gasteiger partial charge in [0.2, 0.25) is 0 Å². The summed E-state index contributed by atoms with van der Waals surface area (Å²) in [7, 11) is 5.62. The van der Waals surface area contributed by atoms with E-state index in [1.807, 2.05) is 73.6 Å².